The molecule has 2 heteroatoms. The molecule has 0 aliphatic rings. The number of hydrogen-bond donors (Lipinski definition) is 0. The second kappa shape index (κ2) is 4.19. The molecule has 0 aliphatic carbocycles. The van der Waals surface area contributed by atoms with E-state index >= 15 is 0 Å². The van der Waals surface area contributed by atoms with Crippen molar-refractivity contribution in [3.63, 3.8) is 0 Å². The van der Waals surface area contributed by atoms with Gasteiger partial charge in [-0.15, -0.1) is 0 Å². The van der Waals surface area contributed by atoms with Gasteiger partial charge in [-0.3, -0.25) is 4.98 Å². The molecule has 0 unspecified atom stereocenters. The van der Waals surface area contributed by atoms with Gasteiger partial charge in [-0.05, 0) is 29.3 Å². The number of rotatable bonds is 1. The van der Waals surface area contributed by atoms with Crippen molar-refractivity contribution in [3.05, 3.63) is 65.8 Å². The summed E-state index contributed by atoms with van der Waals surface area (Å²) in [5, 5.41) is 1.74. The first kappa shape index (κ1) is 10.3. The van der Waals surface area contributed by atoms with Crippen molar-refractivity contribution >= 4 is 22.5 Å². The van der Waals surface area contributed by atoms with Crippen LogP contribution in [0.2, 0.25) is 5.02 Å². The molecule has 2 aromatic carbocycles. The maximum Gasteiger partial charge on any atom is 0.0717 e. The lowest BCUT2D eigenvalue weighted by atomic mass is 10.0. The standard InChI is InChI=1S/C15H10ClN/c16-14-8-9-17-15-7-6-12(10-13(14)15)11-4-2-1-3-5-11/h1-10H. The highest BCUT2D eigenvalue weighted by molar-refractivity contribution is 6.35. The van der Waals surface area contributed by atoms with E-state index in [9.17, 15) is 0 Å². The molecule has 0 N–H and O–H groups in total. The van der Waals surface area contributed by atoms with E-state index < -0.39 is 0 Å². The molecular formula is C15H10ClN. The maximum atomic E-state index is 6.18. The van der Waals surface area contributed by atoms with Crippen molar-refractivity contribution in [2.45, 2.75) is 0 Å². The van der Waals surface area contributed by atoms with Gasteiger partial charge in [0.1, 0.15) is 0 Å². The monoisotopic (exact) mass is 239 g/mol. The second-order valence-corrected chi connectivity index (χ2v) is 4.30. The van der Waals surface area contributed by atoms with Gasteiger partial charge in [0, 0.05) is 11.6 Å². The fraction of sp³-hybridized carbons (Fsp3) is 0. The van der Waals surface area contributed by atoms with Crippen LogP contribution in [0.25, 0.3) is 22.0 Å². The number of nitrogens with zero attached hydrogens (tertiary/aromatic N) is 1. The first-order valence-electron chi connectivity index (χ1n) is 5.44. The number of hydrogen-bond acceptors (Lipinski definition) is 1. The van der Waals surface area contributed by atoms with Gasteiger partial charge in [-0.25, -0.2) is 0 Å². The Bertz CT molecular complexity index is 662. The van der Waals surface area contributed by atoms with E-state index in [-0.39, 0.29) is 0 Å². The summed E-state index contributed by atoms with van der Waals surface area (Å²) >= 11 is 6.18. The molecule has 0 atom stereocenters. The summed E-state index contributed by atoms with van der Waals surface area (Å²) in [6.07, 6.45) is 1.73. The SMILES string of the molecule is Clc1ccnc2ccc(-c3ccccc3)cc12. The van der Waals surface area contributed by atoms with Gasteiger partial charge >= 0.3 is 0 Å². The Labute approximate surface area is 105 Å². The molecule has 0 saturated heterocycles. The first-order valence-corrected chi connectivity index (χ1v) is 5.82. The van der Waals surface area contributed by atoms with E-state index in [1.54, 1.807) is 6.20 Å². The molecule has 1 nitrogen and oxygen atoms in total. The number of pyridine rings is 1. The third kappa shape index (κ3) is 1.90. The van der Waals surface area contributed by atoms with Gasteiger partial charge < -0.3 is 0 Å². The molecular weight excluding hydrogens is 230 g/mol. The highest BCUT2D eigenvalue weighted by Crippen LogP contribution is 2.27. The lowest BCUT2D eigenvalue weighted by molar-refractivity contribution is 1.41. The Morgan fingerprint density at radius 1 is 0.824 bits per heavy atom. The Kier molecular flexibility index (Phi) is 2.54. The largest absolute Gasteiger partial charge is 0.256 e. The molecule has 0 bridgehead atoms. The van der Waals surface area contributed by atoms with Gasteiger partial charge in [0.25, 0.3) is 0 Å². The average Bonchev–Trinajstić information content (AvgIpc) is 2.40. The lowest BCUT2D eigenvalue weighted by Gasteiger charge is -2.04. The van der Waals surface area contributed by atoms with Gasteiger partial charge in [0.2, 0.25) is 0 Å². The third-order valence-electron chi connectivity index (χ3n) is 2.80. The Balaban J connectivity index is 2.23. The molecule has 0 radical (unpaired) electrons. The van der Waals surface area contributed by atoms with E-state index in [1.807, 2.05) is 30.3 Å². The first-order chi connectivity index (χ1) is 8.34. The summed E-state index contributed by atoms with van der Waals surface area (Å²) in [5.74, 6) is 0. The van der Waals surface area contributed by atoms with Gasteiger partial charge in [0.05, 0.1) is 10.5 Å². The van der Waals surface area contributed by atoms with E-state index in [0.717, 1.165) is 21.5 Å². The van der Waals surface area contributed by atoms with E-state index in [4.69, 9.17) is 11.6 Å². The van der Waals surface area contributed by atoms with Gasteiger partial charge in [0.15, 0.2) is 0 Å². The van der Waals surface area contributed by atoms with Crippen LogP contribution in [0.15, 0.2) is 60.8 Å². The van der Waals surface area contributed by atoms with E-state index in [1.165, 1.54) is 5.56 Å². The maximum absolute atomic E-state index is 6.18. The predicted molar refractivity (Wildman–Crippen MR) is 72.2 cm³/mol. The topological polar surface area (TPSA) is 12.9 Å². The van der Waals surface area contributed by atoms with Crippen molar-refractivity contribution in [1.29, 1.82) is 0 Å². The Morgan fingerprint density at radius 2 is 1.65 bits per heavy atom. The molecule has 1 heterocycles. The zero-order valence-corrected chi connectivity index (χ0v) is 9.85. The predicted octanol–water partition coefficient (Wildman–Crippen LogP) is 4.56. The molecule has 0 fully saturated rings. The van der Waals surface area contributed by atoms with Crippen molar-refractivity contribution in [3.8, 4) is 11.1 Å². The number of halogens is 1. The molecule has 0 amide bonds. The molecule has 0 spiro atoms. The molecule has 0 saturated carbocycles. The number of benzene rings is 2. The molecule has 82 valence electrons. The van der Waals surface area contributed by atoms with E-state index in [0.29, 0.717) is 0 Å². The highest BCUT2D eigenvalue weighted by Gasteiger charge is 2.02. The smallest absolute Gasteiger partial charge is 0.0717 e. The second-order valence-electron chi connectivity index (χ2n) is 3.89. The minimum absolute atomic E-state index is 0.743. The number of fused-ring (bicyclic) bond motifs is 1. The summed E-state index contributed by atoms with van der Waals surface area (Å²) in [5.41, 5.74) is 3.28. The summed E-state index contributed by atoms with van der Waals surface area (Å²) in [7, 11) is 0. The minimum atomic E-state index is 0.743. The average molecular weight is 240 g/mol. The normalized spacial score (nSPS) is 10.6. The summed E-state index contributed by atoms with van der Waals surface area (Å²) in [6.45, 7) is 0. The third-order valence-corrected chi connectivity index (χ3v) is 3.13. The zero-order chi connectivity index (χ0) is 11.7. The van der Waals surface area contributed by atoms with Crippen molar-refractivity contribution in [2.24, 2.45) is 0 Å². The lowest BCUT2D eigenvalue weighted by Crippen LogP contribution is -1.82. The van der Waals surface area contributed by atoms with Crippen LogP contribution in [0.1, 0.15) is 0 Å². The van der Waals surface area contributed by atoms with Crippen LogP contribution in [-0.2, 0) is 0 Å². The molecule has 3 rings (SSSR count). The Morgan fingerprint density at radius 3 is 2.47 bits per heavy atom. The summed E-state index contributed by atoms with van der Waals surface area (Å²) in [4.78, 5) is 4.29. The minimum Gasteiger partial charge on any atom is -0.256 e. The molecule has 17 heavy (non-hydrogen) atoms. The Hall–Kier alpha value is -1.86. The number of aromatic nitrogens is 1. The molecule has 0 aliphatic heterocycles. The zero-order valence-electron chi connectivity index (χ0n) is 9.10. The van der Waals surface area contributed by atoms with Crippen LogP contribution in [0.3, 0.4) is 0 Å². The summed E-state index contributed by atoms with van der Waals surface area (Å²) < 4.78 is 0. The van der Waals surface area contributed by atoms with Crippen LogP contribution in [0, 0.1) is 0 Å². The van der Waals surface area contributed by atoms with Crippen LogP contribution < -0.4 is 0 Å². The summed E-state index contributed by atoms with van der Waals surface area (Å²) in [6, 6.07) is 18.2. The van der Waals surface area contributed by atoms with Crippen LogP contribution in [0.4, 0.5) is 0 Å². The quantitative estimate of drug-likeness (QED) is 0.607. The fourth-order valence-corrected chi connectivity index (χ4v) is 2.13. The van der Waals surface area contributed by atoms with Crippen LogP contribution in [0.5, 0.6) is 0 Å². The van der Waals surface area contributed by atoms with Crippen molar-refractivity contribution in [2.75, 3.05) is 0 Å². The highest BCUT2D eigenvalue weighted by atomic mass is 35.5. The molecule has 3 aromatic rings. The van der Waals surface area contributed by atoms with Crippen molar-refractivity contribution in [1.82, 2.24) is 4.98 Å². The van der Waals surface area contributed by atoms with E-state index in [2.05, 4.69) is 29.2 Å². The van der Waals surface area contributed by atoms with Crippen LogP contribution >= 0.6 is 11.6 Å². The van der Waals surface area contributed by atoms with Gasteiger partial charge in [-0.2, -0.15) is 0 Å². The van der Waals surface area contributed by atoms with Crippen molar-refractivity contribution < 1.29 is 0 Å². The van der Waals surface area contributed by atoms with Gasteiger partial charge in [-0.1, -0.05) is 48.0 Å². The van der Waals surface area contributed by atoms with Crippen LogP contribution in [-0.4, -0.2) is 4.98 Å². The molecule has 1 aromatic heterocycles. The fourth-order valence-electron chi connectivity index (χ4n) is 1.92.